The van der Waals surface area contributed by atoms with E-state index in [1.165, 1.54) is 29.0 Å². The molecule has 0 radical (unpaired) electrons. The largest absolute Gasteiger partial charge is 0.477 e. The third-order valence-corrected chi connectivity index (χ3v) is 6.54. The van der Waals surface area contributed by atoms with Crippen molar-refractivity contribution in [3.05, 3.63) is 101 Å². The minimum Gasteiger partial charge on any atom is -0.477 e. The Balaban J connectivity index is 1.72. The third-order valence-electron chi connectivity index (χ3n) is 6.35. The zero-order chi connectivity index (χ0) is 24.3. The minimum atomic E-state index is -1.24. The molecule has 1 unspecified atom stereocenters. The van der Waals surface area contributed by atoms with Gasteiger partial charge in [-0.1, -0.05) is 48.0 Å². The molecule has 0 saturated heterocycles. The number of fused-ring (bicyclic) bond motifs is 4. The summed E-state index contributed by atoms with van der Waals surface area (Å²) in [6, 6.07) is 11.8. The van der Waals surface area contributed by atoms with Crippen molar-refractivity contribution in [2.45, 2.75) is 12.5 Å². The first-order valence-corrected chi connectivity index (χ1v) is 11.2. The maximum Gasteiger partial charge on any atom is 0.352 e. The average Bonchev–Trinajstić information content (AvgIpc) is 3.43. The lowest BCUT2D eigenvalue weighted by Crippen LogP contribution is -2.17. The maximum absolute atomic E-state index is 15.1. The fraction of sp³-hybridized carbons (Fsp3) is 0.0741. The Labute approximate surface area is 202 Å². The van der Waals surface area contributed by atoms with Crippen LogP contribution < -0.4 is 0 Å². The van der Waals surface area contributed by atoms with Crippen LogP contribution in [-0.2, 0) is 11.3 Å². The second-order valence-electron chi connectivity index (χ2n) is 8.31. The van der Waals surface area contributed by atoms with E-state index < -0.39 is 17.7 Å². The van der Waals surface area contributed by atoms with E-state index in [0.29, 0.717) is 22.0 Å². The van der Waals surface area contributed by atoms with Gasteiger partial charge in [0.1, 0.15) is 22.2 Å². The summed E-state index contributed by atoms with van der Waals surface area (Å²) < 4.78 is 22.2. The first-order chi connectivity index (χ1) is 16.9. The number of pyridine rings is 1. The van der Waals surface area contributed by atoms with E-state index in [1.54, 1.807) is 24.3 Å². The standard InChI is InChI=1S/C27H16ClFN2O4/c28-22-11-14(15-5-1-3-7-19(15)30-22)13-31-20-12-18(29)16-9-10-35-26(16)24(20)23(25(31)27(33)34)17-6-2-4-8-21(17)32/h1-12,17H,13H2,(H,33,34). The number of hydrogen-bond donors (Lipinski definition) is 1. The number of carboxylic acids is 1. The van der Waals surface area contributed by atoms with Crippen molar-refractivity contribution in [1.82, 2.24) is 9.55 Å². The van der Waals surface area contributed by atoms with Crippen LogP contribution in [0, 0.1) is 5.82 Å². The summed E-state index contributed by atoms with van der Waals surface area (Å²) in [5.41, 5.74) is 2.02. The highest BCUT2D eigenvalue weighted by Gasteiger charge is 2.33. The van der Waals surface area contributed by atoms with Crippen LogP contribution in [0.2, 0.25) is 5.15 Å². The Bertz CT molecular complexity index is 1760. The first-order valence-electron chi connectivity index (χ1n) is 10.8. The number of halogens is 2. The molecule has 0 aliphatic heterocycles. The number of allylic oxidation sites excluding steroid dienone is 4. The third kappa shape index (κ3) is 3.27. The molecule has 6 rings (SSSR count). The molecule has 0 bridgehead atoms. The zero-order valence-electron chi connectivity index (χ0n) is 18.0. The molecule has 1 aliphatic rings. The molecule has 0 saturated carbocycles. The van der Waals surface area contributed by atoms with Crippen molar-refractivity contribution in [3.8, 4) is 0 Å². The smallest absolute Gasteiger partial charge is 0.352 e. The van der Waals surface area contributed by atoms with Crippen LogP contribution in [0.3, 0.4) is 0 Å². The van der Waals surface area contributed by atoms with Crippen LogP contribution >= 0.6 is 11.6 Å². The topological polar surface area (TPSA) is 85.3 Å². The summed E-state index contributed by atoms with van der Waals surface area (Å²) in [5, 5.41) is 12.0. The monoisotopic (exact) mass is 486 g/mol. The fourth-order valence-corrected chi connectivity index (χ4v) is 5.13. The lowest BCUT2D eigenvalue weighted by atomic mass is 9.88. The zero-order valence-corrected chi connectivity index (χ0v) is 18.8. The van der Waals surface area contributed by atoms with Crippen LogP contribution in [0.5, 0.6) is 0 Å². The number of carboxylic acid groups (broad SMARTS) is 1. The van der Waals surface area contributed by atoms with Crippen LogP contribution in [0.4, 0.5) is 4.39 Å². The molecule has 2 aromatic carbocycles. The number of carbonyl (C=O) groups is 2. The van der Waals surface area contributed by atoms with Crippen molar-refractivity contribution in [2.75, 3.05) is 0 Å². The molecule has 8 heteroatoms. The normalized spacial score (nSPS) is 15.6. The van der Waals surface area contributed by atoms with Gasteiger partial charge in [-0.05, 0) is 35.9 Å². The number of para-hydroxylation sites is 1. The summed E-state index contributed by atoms with van der Waals surface area (Å²) in [6.45, 7) is 0.0625. The van der Waals surface area contributed by atoms with Crippen LogP contribution in [0.15, 0.2) is 77.4 Å². The van der Waals surface area contributed by atoms with Crippen molar-refractivity contribution >= 4 is 56.1 Å². The minimum absolute atomic E-state index is 0.0625. The number of rotatable bonds is 4. The van der Waals surface area contributed by atoms with Crippen molar-refractivity contribution < 1.29 is 23.5 Å². The van der Waals surface area contributed by atoms with E-state index in [4.69, 9.17) is 16.0 Å². The van der Waals surface area contributed by atoms with E-state index in [-0.39, 0.29) is 39.7 Å². The summed E-state index contributed by atoms with van der Waals surface area (Å²) in [7, 11) is 0. The van der Waals surface area contributed by atoms with E-state index in [1.807, 2.05) is 24.3 Å². The lowest BCUT2D eigenvalue weighted by molar-refractivity contribution is -0.115. The van der Waals surface area contributed by atoms with Gasteiger partial charge in [-0.15, -0.1) is 0 Å². The van der Waals surface area contributed by atoms with Gasteiger partial charge in [0, 0.05) is 22.9 Å². The molecule has 0 spiro atoms. The van der Waals surface area contributed by atoms with Crippen LogP contribution in [0.1, 0.15) is 27.5 Å². The molecule has 6 nitrogen and oxygen atoms in total. The summed E-state index contributed by atoms with van der Waals surface area (Å²) in [6.07, 6.45) is 7.69. The number of furan rings is 1. The second-order valence-corrected chi connectivity index (χ2v) is 8.70. The summed E-state index contributed by atoms with van der Waals surface area (Å²) in [4.78, 5) is 29.9. The van der Waals surface area contributed by atoms with Crippen LogP contribution in [-0.4, -0.2) is 26.4 Å². The Kier molecular flexibility index (Phi) is 4.82. The molecule has 5 aromatic rings. The van der Waals surface area contributed by atoms with E-state index in [9.17, 15) is 14.7 Å². The number of aromatic carboxylic acids is 1. The van der Waals surface area contributed by atoms with E-state index in [2.05, 4.69) is 4.98 Å². The Morgan fingerprint density at radius 1 is 1.17 bits per heavy atom. The Morgan fingerprint density at radius 3 is 2.80 bits per heavy atom. The number of carbonyl (C=O) groups excluding carboxylic acids is 1. The summed E-state index contributed by atoms with van der Waals surface area (Å²) in [5.74, 6) is -2.91. The SMILES string of the molecule is O=C(O)c1c(C2C=CC=CC2=O)c2c3occc3c(F)cc2n1Cc1cc(Cl)nc2ccccc12. The quantitative estimate of drug-likeness (QED) is 0.303. The van der Waals surface area contributed by atoms with Crippen molar-refractivity contribution in [2.24, 2.45) is 0 Å². The molecule has 1 N–H and O–H groups in total. The van der Waals surface area contributed by atoms with Gasteiger partial charge in [0.25, 0.3) is 0 Å². The Morgan fingerprint density at radius 2 is 2.00 bits per heavy atom. The molecular formula is C27H16ClFN2O4. The van der Waals surface area contributed by atoms with Gasteiger partial charge in [-0.3, -0.25) is 4.79 Å². The fourth-order valence-electron chi connectivity index (χ4n) is 4.91. The van der Waals surface area contributed by atoms with Gasteiger partial charge in [0.15, 0.2) is 5.78 Å². The number of aromatic nitrogens is 2. The molecule has 172 valence electrons. The number of nitrogens with zero attached hydrogens (tertiary/aromatic N) is 2. The second kappa shape index (κ2) is 7.92. The van der Waals surface area contributed by atoms with Crippen LogP contribution in [0.25, 0.3) is 32.8 Å². The molecule has 3 heterocycles. The summed E-state index contributed by atoms with van der Waals surface area (Å²) >= 11 is 6.27. The highest BCUT2D eigenvalue weighted by molar-refractivity contribution is 6.30. The van der Waals surface area contributed by atoms with E-state index in [0.717, 1.165) is 5.39 Å². The van der Waals surface area contributed by atoms with E-state index >= 15 is 4.39 Å². The van der Waals surface area contributed by atoms with Gasteiger partial charge >= 0.3 is 5.97 Å². The van der Waals surface area contributed by atoms with Gasteiger partial charge < -0.3 is 14.1 Å². The molecule has 0 fully saturated rings. The number of hydrogen-bond acceptors (Lipinski definition) is 4. The Hall–Kier alpha value is -4.23. The lowest BCUT2D eigenvalue weighted by Gasteiger charge is -2.15. The predicted octanol–water partition coefficient (Wildman–Crippen LogP) is 6.25. The average molecular weight is 487 g/mol. The van der Waals surface area contributed by atoms with Gasteiger partial charge in [0.05, 0.1) is 28.6 Å². The molecule has 3 aromatic heterocycles. The number of ketones is 1. The molecule has 0 amide bonds. The van der Waals surface area contributed by atoms with Gasteiger partial charge in [-0.25, -0.2) is 14.2 Å². The van der Waals surface area contributed by atoms with Crippen molar-refractivity contribution in [1.29, 1.82) is 0 Å². The van der Waals surface area contributed by atoms with Gasteiger partial charge in [-0.2, -0.15) is 0 Å². The predicted molar refractivity (Wildman–Crippen MR) is 131 cm³/mol. The number of benzene rings is 2. The molecule has 1 aliphatic carbocycles. The molecule has 35 heavy (non-hydrogen) atoms. The molecule has 1 atom stereocenters. The molecular weight excluding hydrogens is 471 g/mol. The van der Waals surface area contributed by atoms with Crippen molar-refractivity contribution in [3.63, 3.8) is 0 Å². The van der Waals surface area contributed by atoms with Gasteiger partial charge in [0.2, 0.25) is 0 Å². The highest BCUT2D eigenvalue weighted by atomic mass is 35.5. The maximum atomic E-state index is 15.1. The first kappa shape index (κ1) is 21.3. The highest BCUT2D eigenvalue weighted by Crippen LogP contribution is 2.41.